The molecule has 2 rings (SSSR count). The highest BCUT2D eigenvalue weighted by atomic mass is 16.7. The topological polar surface area (TPSA) is 228 Å². The van der Waals surface area contributed by atoms with Gasteiger partial charge in [0.25, 0.3) is 0 Å². The second kappa shape index (κ2) is 46.6. The number of hydrogen-bond acceptors (Lipinski definition) is 13. The number of rotatable bonds is 44. The maximum atomic E-state index is 13.2. The molecule has 12 atom stereocenters. The Morgan fingerprint density at radius 2 is 0.908 bits per heavy atom. The molecular weight excluding hydrogens is 967 g/mol. The number of carbonyl (C=O) groups excluding carboxylic acids is 1. The third-order valence-electron chi connectivity index (χ3n) is 13.5. The molecule has 0 aliphatic carbocycles. The Morgan fingerprint density at radius 3 is 1.38 bits per heavy atom. The van der Waals surface area contributed by atoms with Gasteiger partial charge in [-0.25, -0.2) is 0 Å². The number of ether oxygens (including phenoxy) is 4. The predicted molar refractivity (Wildman–Crippen MR) is 304 cm³/mol. The maximum absolute atomic E-state index is 13.2. The summed E-state index contributed by atoms with van der Waals surface area (Å²) in [5.41, 5.74) is 0. The Bertz CT molecular complexity index is 1690. The Balaban J connectivity index is 1.72. The predicted octanol–water partition coefficient (Wildman–Crippen LogP) is 9.66. The zero-order chi connectivity index (χ0) is 55.3. The number of hydrogen-bond donors (Lipinski definition) is 9. The van der Waals surface area contributed by atoms with Crippen molar-refractivity contribution in [1.82, 2.24) is 5.32 Å². The lowest BCUT2D eigenvalue weighted by atomic mass is 9.97. The van der Waals surface area contributed by atoms with Gasteiger partial charge in [0, 0.05) is 6.42 Å². The van der Waals surface area contributed by atoms with Gasteiger partial charge in [-0.2, -0.15) is 0 Å². The average molecular weight is 1070 g/mol. The lowest BCUT2D eigenvalue weighted by Crippen LogP contribution is -2.65. The maximum Gasteiger partial charge on any atom is 0.220 e. The minimum Gasteiger partial charge on any atom is -0.394 e. The van der Waals surface area contributed by atoms with Crippen LogP contribution in [0.1, 0.15) is 181 Å². The zero-order valence-electron chi connectivity index (χ0n) is 46.4. The molecule has 76 heavy (non-hydrogen) atoms. The molecule has 14 nitrogen and oxygen atoms in total. The highest BCUT2D eigenvalue weighted by molar-refractivity contribution is 5.76. The molecule has 0 aromatic carbocycles. The number of amides is 1. The quantitative estimate of drug-likeness (QED) is 0.0205. The number of unbranched alkanes of at least 4 members (excludes halogenated alkanes) is 13. The van der Waals surface area contributed by atoms with Crippen LogP contribution in [-0.2, 0) is 23.7 Å². The first-order valence-electron chi connectivity index (χ1n) is 29.1. The Labute approximate surface area is 457 Å². The SMILES string of the molecule is CC/C=C\C/C=C\C/C=C\C/C=C\C/C=C\C/C=C\C/C=C\C/C=C\C/C=C\CCCCCC(=O)NC(COC1OC(CO)C(OC2OC(CO)C(O)C(O)C2O)C(O)C1O)C(O)CCCCCCCCCCCCC. The third kappa shape index (κ3) is 31.9. The van der Waals surface area contributed by atoms with Crippen LogP contribution in [0.15, 0.2) is 109 Å². The summed E-state index contributed by atoms with van der Waals surface area (Å²) < 4.78 is 22.7. The van der Waals surface area contributed by atoms with Crippen LogP contribution in [0.4, 0.5) is 0 Å². The molecule has 2 heterocycles. The fourth-order valence-electron chi connectivity index (χ4n) is 8.82. The van der Waals surface area contributed by atoms with Gasteiger partial charge < -0.3 is 65.1 Å². The van der Waals surface area contributed by atoms with Crippen LogP contribution in [0.2, 0.25) is 0 Å². The van der Waals surface area contributed by atoms with Crippen molar-refractivity contribution in [1.29, 1.82) is 0 Å². The highest BCUT2D eigenvalue weighted by Crippen LogP contribution is 2.30. The Kier molecular flexibility index (Phi) is 42.1. The smallest absolute Gasteiger partial charge is 0.220 e. The van der Waals surface area contributed by atoms with E-state index in [1.54, 1.807) is 0 Å². The number of carbonyl (C=O) groups is 1. The van der Waals surface area contributed by atoms with Crippen molar-refractivity contribution in [2.45, 2.75) is 254 Å². The van der Waals surface area contributed by atoms with Crippen molar-refractivity contribution < 1.29 is 64.6 Å². The lowest BCUT2D eigenvalue weighted by Gasteiger charge is -2.46. The molecule has 434 valence electrons. The van der Waals surface area contributed by atoms with E-state index < -0.39 is 86.8 Å². The van der Waals surface area contributed by atoms with Crippen LogP contribution in [0.25, 0.3) is 0 Å². The van der Waals surface area contributed by atoms with Gasteiger partial charge in [-0.3, -0.25) is 4.79 Å². The minimum absolute atomic E-state index is 0.245. The summed E-state index contributed by atoms with van der Waals surface area (Å²) in [5.74, 6) is -0.245. The summed E-state index contributed by atoms with van der Waals surface area (Å²) in [4.78, 5) is 13.2. The van der Waals surface area contributed by atoms with E-state index in [4.69, 9.17) is 18.9 Å². The van der Waals surface area contributed by atoms with Gasteiger partial charge in [0.2, 0.25) is 5.91 Å². The number of nitrogens with one attached hydrogen (secondary N) is 1. The molecule has 0 radical (unpaired) electrons. The molecule has 2 aliphatic heterocycles. The van der Waals surface area contributed by atoms with E-state index in [0.717, 1.165) is 103 Å². The van der Waals surface area contributed by atoms with Crippen molar-refractivity contribution in [2.24, 2.45) is 0 Å². The first-order valence-corrected chi connectivity index (χ1v) is 29.1. The van der Waals surface area contributed by atoms with E-state index in [-0.39, 0.29) is 18.9 Å². The van der Waals surface area contributed by atoms with Crippen molar-refractivity contribution in [3.05, 3.63) is 109 Å². The van der Waals surface area contributed by atoms with Crippen LogP contribution in [-0.4, -0.2) is 140 Å². The Morgan fingerprint density at radius 1 is 0.487 bits per heavy atom. The first-order chi connectivity index (χ1) is 37.1. The van der Waals surface area contributed by atoms with E-state index in [2.05, 4.69) is 129 Å². The second-order valence-electron chi connectivity index (χ2n) is 20.0. The molecule has 0 aromatic heterocycles. The fourth-order valence-corrected chi connectivity index (χ4v) is 8.82. The third-order valence-corrected chi connectivity index (χ3v) is 13.5. The molecule has 0 aromatic rings. The van der Waals surface area contributed by atoms with Gasteiger partial charge in [-0.05, 0) is 83.5 Å². The van der Waals surface area contributed by atoms with Crippen molar-refractivity contribution in [3.63, 3.8) is 0 Å². The molecule has 2 aliphatic rings. The van der Waals surface area contributed by atoms with Gasteiger partial charge in [-0.1, -0.05) is 200 Å². The molecular formula is C62H103NO13. The van der Waals surface area contributed by atoms with E-state index in [1.807, 2.05) is 0 Å². The average Bonchev–Trinajstić information content (AvgIpc) is 3.42. The van der Waals surface area contributed by atoms with Gasteiger partial charge in [-0.15, -0.1) is 0 Å². The molecule has 1 amide bonds. The lowest BCUT2D eigenvalue weighted by molar-refractivity contribution is -0.359. The normalized spacial score (nSPS) is 25.7. The molecule has 2 fully saturated rings. The highest BCUT2D eigenvalue weighted by Gasteiger charge is 2.51. The molecule has 2 saturated heterocycles. The summed E-state index contributed by atoms with van der Waals surface area (Å²) >= 11 is 0. The standard InChI is InChI=1S/C62H103NO13/c1-3-5-7-9-11-13-15-16-17-18-19-20-21-22-23-24-25-26-27-28-29-30-31-32-33-34-36-38-40-42-44-46-54(67)63-50(51(66)45-43-41-39-37-35-14-12-10-8-6-4-2)49-73-61-59(72)57(70)60(53(48-65)75-61)76-62-58(71)56(69)55(68)52(47-64)74-62/h5,7,11,13,16-17,19-20,22-23,25-26,28-29,31-32,34,36,50-53,55-62,64-66,68-72H,3-4,6,8-10,12,14-15,18,21,24,27,30,33,35,37-49H2,1-2H3,(H,63,67)/b7-5-,13-11-,17-16-,20-19-,23-22-,26-25-,29-28-,32-31-,36-34-. The summed E-state index contributed by atoms with van der Waals surface area (Å²) in [6.07, 6.45) is 48.1. The second-order valence-corrected chi connectivity index (χ2v) is 20.0. The fraction of sp³-hybridized carbons (Fsp3) is 0.694. The Hall–Kier alpha value is -3.35. The van der Waals surface area contributed by atoms with Gasteiger partial charge in [0.15, 0.2) is 12.6 Å². The van der Waals surface area contributed by atoms with Gasteiger partial charge in [0.1, 0.15) is 48.8 Å². The van der Waals surface area contributed by atoms with E-state index in [9.17, 15) is 45.6 Å². The summed E-state index contributed by atoms with van der Waals surface area (Å²) in [6.45, 7) is 2.68. The van der Waals surface area contributed by atoms with Crippen molar-refractivity contribution in [2.75, 3.05) is 19.8 Å². The van der Waals surface area contributed by atoms with Crippen LogP contribution in [0, 0.1) is 0 Å². The molecule has 0 saturated carbocycles. The molecule has 0 bridgehead atoms. The largest absolute Gasteiger partial charge is 0.394 e. The first kappa shape index (κ1) is 68.8. The van der Waals surface area contributed by atoms with Crippen molar-refractivity contribution in [3.8, 4) is 0 Å². The van der Waals surface area contributed by atoms with E-state index in [1.165, 1.54) is 44.9 Å². The van der Waals surface area contributed by atoms with E-state index >= 15 is 0 Å². The van der Waals surface area contributed by atoms with Crippen LogP contribution < -0.4 is 5.32 Å². The van der Waals surface area contributed by atoms with Crippen molar-refractivity contribution >= 4 is 5.91 Å². The van der Waals surface area contributed by atoms with Crippen LogP contribution >= 0.6 is 0 Å². The van der Waals surface area contributed by atoms with Gasteiger partial charge >= 0.3 is 0 Å². The summed E-state index contributed by atoms with van der Waals surface area (Å²) in [6, 6.07) is -0.853. The number of aliphatic hydroxyl groups excluding tert-OH is 8. The molecule has 9 N–H and O–H groups in total. The van der Waals surface area contributed by atoms with Crippen LogP contribution in [0.5, 0.6) is 0 Å². The number of allylic oxidation sites excluding steroid dienone is 18. The molecule has 14 heteroatoms. The number of aliphatic hydroxyl groups is 8. The minimum atomic E-state index is -1.79. The molecule has 0 spiro atoms. The molecule has 12 unspecified atom stereocenters. The monoisotopic (exact) mass is 1070 g/mol. The summed E-state index contributed by atoms with van der Waals surface area (Å²) in [7, 11) is 0. The summed E-state index contributed by atoms with van der Waals surface area (Å²) in [5, 5.41) is 87.0. The zero-order valence-corrected chi connectivity index (χ0v) is 46.4. The van der Waals surface area contributed by atoms with Gasteiger partial charge in [0.05, 0.1) is 32.0 Å². The van der Waals surface area contributed by atoms with Crippen LogP contribution in [0.3, 0.4) is 0 Å². The van der Waals surface area contributed by atoms with E-state index in [0.29, 0.717) is 12.8 Å².